The van der Waals surface area contributed by atoms with Crippen LogP contribution in [0.4, 0.5) is 0 Å². The fourth-order valence-electron chi connectivity index (χ4n) is 3.00. The van der Waals surface area contributed by atoms with E-state index < -0.39 is 12.1 Å². The predicted octanol–water partition coefficient (Wildman–Crippen LogP) is 3.22. The first kappa shape index (κ1) is 18.9. The van der Waals surface area contributed by atoms with Crippen LogP contribution < -0.4 is 4.74 Å². The number of para-hydroxylation sites is 2. The third kappa shape index (κ3) is 4.46. The van der Waals surface area contributed by atoms with Gasteiger partial charge in [0.2, 0.25) is 0 Å². The molecule has 0 radical (unpaired) electrons. The van der Waals surface area contributed by atoms with Gasteiger partial charge in [-0.25, -0.2) is 9.78 Å². The van der Waals surface area contributed by atoms with Crippen LogP contribution in [0.1, 0.15) is 29.5 Å². The van der Waals surface area contributed by atoms with Gasteiger partial charge in [0.15, 0.2) is 0 Å². The molecule has 1 aromatic heterocycles. The van der Waals surface area contributed by atoms with E-state index in [2.05, 4.69) is 21.2 Å². The van der Waals surface area contributed by atoms with Crippen molar-refractivity contribution in [2.45, 2.75) is 32.4 Å². The number of benzene rings is 2. The van der Waals surface area contributed by atoms with Crippen LogP contribution in [0.5, 0.6) is 5.75 Å². The van der Waals surface area contributed by atoms with E-state index in [0.717, 1.165) is 29.7 Å². The molecule has 3 rings (SSSR count). The number of rotatable bonds is 8. The van der Waals surface area contributed by atoms with Crippen molar-refractivity contribution >= 4 is 17.0 Å². The summed E-state index contributed by atoms with van der Waals surface area (Å²) in [5, 5.41) is 10.5. The molecule has 0 amide bonds. The quantitative estimate of drug-likeness (QED) is 0.618. The maximum absolute atomic E-state index is 11.4. The minimum atomic E-state index is -0.682. The van der Waals surface area contributed by atoms with Gasteiger partial charge in [0, 0.05) is 6.42 Å². The van der Waals surface area contributed by atoms with E-state index >= 15 is 0 Å². The van der Waals surface area contributed by atoms with Gasteiger partial charge in [-0.05, 0) is 42.8 Å². The number of fused-ring (bicyclic) bond motifs is 1. The van der Waals surface area contributed by atoms with Crippen LogP contribution in [-0.2, 0) is 17.7 Å². The largest absolute Gasteiger partial charge is 0.491 e. The SMILES string of the molecule is CCCc1nc2ccccc2n1C[C@H](O)COc1ccc(C(=O)OC)cc1. The number of nitrogens with zero attached hydrogens (tertiary/aromatic N) is 2. The molecule has 6 nitrogen and oxygen atoms in total. The summed E-state index contributed by atoms with van der Waals surface area (Å²) < 4.78 is 12.4. The monoisotopic (exact) mass is 368 g/mol. The number of imidazole rings is 1. The second-order valence-corrected chi connectivity index (χ2v) is 6.36. The Kier molecular flexibility index (Phi) is 6.08. The van der Waals surface area contributed by atoms with E-state index in [4.69, 9.17) is 4.74 Å². The molecule has 2 aromatic carbocycles. The number of ether oxygens (including phenoxy) is 2. The number of carbonyl (C=O) groups is 1. The number of aliphatic hydroxyl groups is 1. The summed E-state index contributed by atoms with van der Waals surface area (Å²) in [6, 6.07) is 14.6. The van der Waals surface area contributed by atoms with Crippen LogP contribution >= 0.6 is 0 Å². The minimum Gasteiger partial charge on any atom is -0.491 e. The summed E-state index contributed by atoms with van der Waals surface area (Å²) in [4.78, 5) is 16.1. The molecule has 27 heavy (non-hydrogen) atoms. The van der Waals surface area contributed by atoms with Gasteiger partial charge in [0.05, 0.1) is 30.3 Å². The van der Waals surface area contributed by atoms with E-state index in [1.54, 1.807) is 24.3 Å². The molecule has 142 valence electrons. The van der Waals surface area contributed by atoms with Crippen LogP contribution in [0, 0.1) is 0 Å². The van der Waals surface area contributed by atoms with Crippen molar-refractivity contribution in [3.05, 3.63) is 59.9 Å². The Labute approximate surface area is 158 Å². The number of methoxy groups -OCH3 is 1. The fourth-order valence-corrected chi connectivity index (χ4v) is 3.00. The lowest BCUT2D eigenvalue weighted by atomic mass is 10.2. The minimum absolute atomic E-state index is 0.148. The Morgan fingerprint density at radius 1 is 1.19 bits per heavy atom. The molecule has 0 aliphatic heterocycles. The molecule has 3 aromatic rings. The van der Waals surface area contributed by atoms with Gasteiger partial charge in [0.25, 0.3) is 0 Å². The molecule has 0 saturated heterocycles. The van der Waals surface area contributed by atoms with Gasteiger partial charge in [-0.15, -0.1) is 0 Å². The van der Waals surface area contributed by atoms with Crippen molar-refractivity contribution in [2.75, 3.05) is 13.7 Å². The highest BCUT2D eigenvalue weighted by Crippen LogP contribution is 2.18. The highest BCUT2D eigenvalue weighted by molar-refractivity contribution is 5.89. The Bertz CT molecular complexity index is 902. The number of aryl methyl sites for hydroxylation is 1. The third-order valence-corrected chi connectivity index (χ3v) is 4.32. The molecule has 0 spiro atoms. The summed E-state index contributed by atoms with van der Waals surface area (Å²) >= 11 is 0. The van der Waals surface area contributed by atoms with Crippen LogP contribution in [0.25, 0.3) is 11.0 Å². The van der Waals surface area contributed by atoms with Gasteiger partial charge in [-0.3, -0.25) is 0 Å². The highest BCUT2D eigenvalue weighted by atomic mass is 16.5. The standard InChI is InChI=1S/C21H24N2O4/c1-3-6-20-22-18-7-4-5-8-19(18)23(20)13-16(24)14-27-17-11-9-15(10-12-17)21(25)26-2/h4-5,7-12,16,24H,3,6,13-14H2,1-2H3/t16-/m0/s1. The predicted molar refractivity (Wildman–Crippen MR) is 103 cm³/mol. The van der Waals surface area contributed by atoms with Crippen molar-refractivity contribution in [2.24, 2.45) is 0 Å². The van der Waals surface area contributed by atoms with Crippen LogP contribution in [0.15, 0.2) is 48.5 Å². The van der Waals surface area contributed by atoms with Gasteiger partial charge < -0.3 is 19.1 Å². The Balaban J connectivity index is 1.65. The molecular weight excluding hydrogens is 344 g/mol. The maximum Gasteiger partial charge on any atom is 0.337 e. The van der Waals surface area contributed by atoms with Crippen molar-refractivity contribution in [1.29, 1.82) is 0 Å². The van der Waals surface area contributed by atoms with E-state index in [0.29, 0.717) is 17.9 Å². The summed E-state index contributed by atoms with van der Waals surface area (Å²) in [5.74, 6) is 1.17. The van der Waals surface area contributed by atoms with Crippen LogP contribution in [0.3, 0.4) is 0 Å². The number of aliphatic hydroxyl groups excluding tert-OH is 1. The maximum atomic E-state index is 11.4. The van der Waals surface area contributed by atoms with Gasteiger partial charge >= 0.3 is 5.97 Å². The first-order chi connectivity index (χ1) is 13.1. The lowest BCUT2D eigenvalue weighted by molar-refractivity contribution is 0.0600. The average molecular weight is 368 g/mol. The number of hydrogen-bond acceptors (Lipinski definition) is 5. The molecule has 1 heterocycles. The third-order valence-electron chi connectivity index (χ3n) is 4.32. The molecule has 0 aliphatic carbocycles. The Hall–Kier alpha value is -2.86. The first-order valence-electron chi connectivity index (χ1n) is 9.05. The zero-order valence-electron chi connectivity index (χ0n) is 15.6. The molecule has 0 unspecified atom stereocenters. The number of esters is 1. The second-order valence-electron chi connectivity index (χ2n) is 6.36. The summed E-state index contributed by atoms with van der Waals surface area (Å²) in [5.41, 5.74) is 2.41. The summed E-state index contributed by atoms with van der Waals surface area (Å²) in [6.07, 6.45) is 1.16. The molecular formula is C21H24N2O4. The van der Waals surface area contributed by atoms with Crippen LogP contribution in [-0.4, -0.2) is 40.4 Å². The number of aromatic nitrogens is 2. The van der Waals surface area contributed by atoms with Crippen molar-refractivity contribution in [3.8, 4) is 5.75 Å². The summed E-state index contributed by atoms with van der Waals surface area (Å²) in [6.45, 7) is 2.67. The molecule has 1 atom stereocenters. The number of carbonyl (C=O) groups excluding carboxylic acids is 1. The topological polar surface area (TPSA) is 73.6 Å². The number of hydrogen-bond donors (Lipinski definition) is 1. The van der Waals surface area contributed by atoms with Gasteiger partial charge in [-0.2, -0.15) is 0 Å². The molecule has 6 heteroatoms. The van der Waals surface area contributed by atoms with E-state index in [1.165, 1.54) is 7.11 Å². The molecule has 0 fully saturated rings. The lowest BCUT2D eigenvalue weighted by Crippen LogP contribution is -2.24. The smallest absolute Gasteiger partial charge is 0.337 e. The molecule has 0 bridgehead atoms. The van der Waals surface area contributed by atoms with Crippen molar-refractivity contribution in [1.82, 2.24) is 9.55 Å². The average Bonchev–Trinajstić information content (AvgIpc) is 3.04. The van der Waals surface area contributed by atoms with E-state index in [9.17, 15) is 9.90 Å². The lowest BCUT2D eigenvalue weighted by Gasteiger charge is -2.15. The molecule has 0 aliphatic rings. The van der Waals surface area contributed by atoms with Crippen molar-refractivity contribution < 1.29 is 19.4 Å². The first-order valence-corrected chi connectivity index (χ1v) is 9.05. The van der Waals surface area contributed by atoms with Gasteiger partial charge in [-0.1, -0.05) is 19.1 Å². The molecule has 1 N–H and O–H groups in total. The van der Waals surface area contributed by atoms with E-state index in [1.807, 2.05) is 24.3 Å². The zero-order chi connectivity index (χ0) is 19.2. The normalized spacial score (nSPS) is 12.1. The Morgan fingerprint density at radius 2 is 1.93 bits per heavy atom. The second kappa shape index (κ2) is 8.68. The van der Waals surface area contributed by atoms with Crippen LogP contribution in [0.2, 0.25) is 0 Å². The Morgan fingerprint density at radius 3 is 2.63 bits per heavy atom. The molecule has 0 saturated carbocycles. The van der Waals surface area contributed by atoms with E-state index in [-0.39, 0.29) is 6.61 Å². The zero-order valence-corrected chi connectivity index (χ0v) is 15.6. The van der Waals surface area contributed by atoms with Crippen molar-refractivity contribution in [3.63, 3.8) is 0 Å². The highest BCUT2D eigenvalue weighted by Gasteiger charge is 2.14. The van der Waals surface area contributed by atoms with Gasteiger partial charge in [0.1, 0.15) is 24.3 Å². The fraction of sp³-hybridized carbons (Fsp3) is 0.333. The summed E-state index contributed by atoms with van der Waals surface area (Å²) in [7, 11) is 1.34.